The number of aromatic nitrogens is 1. The molecule has 1 aromatic heterocycles. The molecule has 1 saturated heterocycles. The fourth-order valence-electron chi connectivity index (χ4n) is 3.02. The van der Waals surface area contributed by atoms with E-state index in [9.17, 15) is 4.79 Å². The minimum absolute atomic E-state index is 0.0889. The van der Waals surface area contributed by atoms with E-state index in [1.54, 1.807) is 0 Å². The number of hydrogen-bond donors (Lipinski definition) is 2. The molecule has 2 N–H and O–H groups in total. The number of nitrogens with one attached hydrogen (secondary N) is 2. The molecule has 4 nitrogen and oxygen atoms in total. The van der Waals surface area contributed by atoms with Gasteiger partial charge in [-0.15, -0.1) is 0 Å². The van der Waals surface area contributed by atoms with Gasteiger partial charge in [0.2, 0.25) is 5.91 Å². The van der Waals surface area contributed by atoms with Crippen LogP contribution in [0.4, 0.5) is 5.69 Å². The highest BCUT2D eigenvalue weighted by Crippen LogP contribution is 2.22. The largest absolute Gasteiger partial charge is 0.347 e. The predicted molar refractivity (Wildman–Crippen MR) is 99.1 cm³/mol. The molecule has 1 atom stereocenters. The van der Waals surface area contributed by atoms with Crippen molar-refractivity contribution in [2.75, 3.05) is 23.4 Å². The Morgan fingerprint density at radius 3 is 3.04 bits per heavy atom. The Balaban J connectivity index is 1.65. The molecule has 0 aliphatic carbocycles. The first-order valence-electron chi connectivity index (χ1n) is 8.31. The predicted octanol–water partition coefficient (Wildman–Crippen LogP) is 3.33. The number of thioether (sulfide) groups is 1. The summed E-state index contributed by atoms with van der Waals surface area (Å²) in [6.45, 7) is 6.45. The summed E-state index contributed by atoms with van der Waals surface area (Å²) in [4.78, 5) is 12.2. The molecule has 0 saturated carbocycles. The SMILES string of the molecule is CC(C)Cn1ccc2cc(NC(=O)CC3CSCCN3)ccc21. The van der Waals surface area contributed by atoms with Crippen molar-refractivity contribution in [1.82, 2.24) is 9.88 Å². The lowest BCUT2D eigenvalue weighted by Gasteiger charge is -2.22. The van der Waals surface area contributed by atoms with Crippen LogP contribution in [-0.4, -0.2) is 34.6 Å². The molecule has 0 radical (unpaired) electrons. The molecule has 0 spiro atoms. The van der Waals surface area contributed by atoms with Crippen LogP contribution in [0.2, 0.25) is 0 Å². The van der Waals surface area contributed by atoms with Crippen LogP contribution in [0.25, 0.3) is 10.9 Å². The van der Waals surface area contributed by atoms with Crippen molar-refractivity contribution in [3.05, 3.63) is 30.5 Å². The van der Waals surface area contributed by atoms with Gasteiger partial charge in [0.1, 0.15) is 0 Å². The van der Waals surface area contributed by atoms with Crippen molar-refractivity contribution in [2.24, 2.45) is 5.92 Å². The van der Waals surface area contributed by atoms with Gasteiger partial charge in [-0.05, 0) is 30.2 Å². The monoisotopic (exact) mass is 331 g/mol. The summed E-state index contributed by atoms with van der Waals surface area (Å²) in [6, 6.07) is 8.58. The van der Waals surface area contributed by atoms with Crippen LogP contribution in [0.1, 0.15) is 20.3 Å². The molecule has 2 aromatic rings. The second-order valence-corrected chi connectivity index (χ2v) is 7.76. The minimum atomic E-state index is 0.0889. The molecule has 23 heavy (non-hydrogen) atoms. The molecule has 3 rings (SSSR count). The van der Waals surface area contributed by atoms with E-state index in [1.807, 2.05) is 17.8 Å². The molecule has 2 heterocycles. The highest BCUT2D eigenvalue weighted by molar-refractivity contribution is 7.99. The molecule has 1 aromatic carbocycles. The molecular weight excluding hydrogens is 306 g/mol. The summed E-state index contributed by atoms with van der Waals surface area (Å²) >= 11 is 1.92. The molecule has 0 bridgehead atoms. The van der Waals surface area contributed by atoms with Crippen molar-refractivity contribution in [2.45, 2.75) is 32.9 Å². The fraction of sp³-hybridized carbons (Fsp3) is 0.500. The molecule has 1 amide bonds. The Hall–Kier alpha value is -1.46. The minimum Gasteiger partial charge on any atom is -0.347 e. The molecule has 1 aliphatic heterocycles. The average Bonchev–Trinajstić information content (AvgIpc) is 2.90. The number of hydrogen-bond acceptors (Lipinski definition) is 3. The van der Waals surface area contributed by atoms with Crippen LogP contribution < -0.4 is 10.6 Å². The van der Waals surface area contributed by atoms with Gasteiger partial charge in [0, 0.05) is 59.8 Å². The maximum atomic E-state index is 12.2. The first-order chi connectivity index (χ1) is 11.1. The summed E-state index contributed by atoms with van der Waals surface area (Å²) in [5.41, 5.74) is 2.11. The second kappa shape index (κ2) is 7.41. The van der Waals surface area contributed by atoms with Crippen molar-refractivity contribution >= 4 is 34.3 Å². The zero-order valence-corrected chi connectivity index (χ0v) is 14.7. The number of amides is 1. The first kappa shape index (κ1) is 16.4. The Kier molecular flexibility index (Phi) is 5.28. The number of carbonyl (C=O) groups excluding carboxylic acids is 1. The lowest BCUT2D eigenvalue weighted by atomic mass is 10.2. The van der Waals surface area contributed by atoms with E-state index < -0.39 is 0 Å². The zero-order chi connectivity index (χ0) is 16.2. The van der Waals surface area contributed by atoms with Gasteiger partial charge in [-0.1, -0.05) is 13.8 Å². The Bertz CT molecular complexity index is 674. The summed E-state index contributed by atoms with van der Waals surface area (Å²) in [6.07, 6.45) is 2.67. The zero-order valence-electron chi connectivity index (χ0n) is 13.8. The maximum Gasteiger partial charge on any atom is 0.225 e. The van der Waals surface area contributed by atoms with Gasteiger partial charge in [0.25, 0.3) is 0 Å². The third-order valence-corrected chi connectivity index (χ3v) is 5.18. The van der Waals surface area contributed by atoms with E-state index in [4.69, 9.17) is 0 Å². The highest BCUT2D eigenvalue weighted by Gasteiger charge is 2.16. The molecule has 1 aliphatic rings. The standard InChI is InChI=1S/C18H25N3OS/c1-13(2)11-21-7-5-14-9-15(3-4-17(14)21)20-18(22)10-16-12-23-8-6-19-16/h3-5,7,9,13,16,19H,6,8,10-12H2,1-2H3,(H,20,22). The first-order valence-corrected chi connectivity index (χ1v) is 9.47. The normalized spacial score (nSPS) is 18.5. The fourth-order valence-corrected chi connectivity index (χ4v) is 3.97. The van der Waals surface area contributed by atoms with Gasteiger partial charge in [0.05, 0.1) is 0 Å². The van der Waals surface area contributed by atoms with Crippen molar-refractivity contribution < 1.29 is 4.79 Å². The molecule has 1 unspecified atom stereocenters. The number of benzene rings is 1. The van der Waals surface area contributed by atoms with E-state index in [1.165, 1.54) is 10.9 Å². The third kappa shape index (κ3) is 4.30. The molecule has 5 heteroatoms. The van der Waals surface area contributed by atoms with Crippen LogP contribution in [0.15, 0.2) is 30.5 Å². The van der Waals surface area contributed by atoms with Crippen LogP contribution >= 0.6 is 11.8 Å². The lowest BCUT2D eigenvalue weighted by molar-refractivity contribution is -0.116. The van der Waals surface area contributed by atoms with Gasteiger partial charge < -0.3 is 15.2 Å². The van der Waals surface area contributed by atoms with Crippen LogP contribution in [0.3, 0.4) is 0 Å². The van der Waals surface area contributed by atoms with Gasteiger partial charge in [-0.25, -0.2) is 0 Å². The smallest absolute Gasteiger partial charge is 0.225 e. The van der Waals surface area contributed by atoms with Crippen LogP contribution in [0.5, 0.6) is 0 Å². The second-order valence-electron chi connectivity index (χ2n) is 6.61. The number of anilines is 1. The summed E-state index contributed by atoms with van der Waals surface area (Å²) in [7, 11) is 0. The van der Waals surface area contributed by atoms with E-state index in [-0.39, 0.29) is 5.91 Å². The summed E-state index contributed by atoms with van der Waals surface area (Å²) in [5, 5.41) is 7.61. The Labute approximate surface area is 142 Å². The number of fused-ring (bicyclic) bond motifs is 1. The number of nitrogens with zero attached hydrogens (tertiary/aromatic N) is 1. The number of carbonyl (C=O) groups is 1. The molecule has 124 valence electrons. The quantitative estimate of drug-likeness (QED) is 0.883. The Morgan fingerprint density at radius 2 is 2.30 bits per heavy atom. The average molecular weight is 331 g/mol. The number of rotatable bonds is 5. The topological polar surface area (TPSA) is 46.1 Å². The van der Waals surface area contributed by atoms with Gasteiger partial charge in [0.15, 0.2) is 0 Å². The van der Waals surface area contributed by atoms with Gasteiger partial charge in [-0.3, -0.25) is 4.79 Å². The van der Waals surface area contributed by atoms with Crippen molar-refractivity contribution in [3.63, 3.8) is 0 Å². The molecule has 1 fully saturated rings. The summed E-state index contributed by atoms with van der Waals surface area (Å²) < 4.78 is 2.27. The third-order valence-electron chi connectivity index (χ3n) is 4.05. The van der Waals surface area contributed by atoms with Crippen molar-refractivity contribution in [3.8, 4) is 0 Å². The van der Waals surface area contributed by atoms with Gasteiger partial charge in [-0.2, -0.15) is 11.8 Å². The van der Waals surface area contributed by atoms with Gasteiger partial charge >= 0.3 is 0 Å². The maximum absolute atomic E-state index is 12.2. The highest BCUT2D eigenvalue weighted by atomic mass is 32.2. The van der Waals surface area contributed by atoms with Crippen LogP contribution in [-0.2, 0) is 11.3 Å². The Morgan fingerprint density at radius 1 is 1.43 bits per heavy atom. The summed E-state index contributed by atoms with van der Waals surface area (Å²) in [5.74, 6) is 2.86. The van der Waals surface area contributed by atoms with E-state index in [0.29, 0.717) is 18.4 Å². The lowest BCUT2D eigenvalue weighted by Crippen LogP contribution is -2.39. The van der Waals surface area contributed by atoms with E-state index in [2.05, 4.69) is 53.4 Å². The van der Waals surface area contributed by atoms with E-state index in [0.717, 1.165) is 30.3 Å². The molecular formula is C18H25N3OS. The van der Waals surface area contributed by atoms with Crippen molar-refractivity contribution in [1.29, 1.82) is 0 Å². The van der Waals surface area contributed by atoms with E-state index >= 15 is 0 Å². The van der Waals surface area contributed by atoms with Crippen LogP contribution in [0, 0.1) is 5.92 Å².